The molecule has 28 heavy (non-hydrogen) atoms. The second-order valence-electron chi connectivity index (χ2n) is 5.68. The van der Waals surface area contributed by atoms with Crippen molar-refractivity contribution in [1.82, 2.24) is 10.6 Å². The first-order valence-electron chi connectivity index (χ1n) is 8.17. The van der Waals surface area contributed by atoms with Crippen molar-refractivity contribution in [2.45, 2.75) is 25.5 Å². The average Bonchev–Trinajstić information content (AvgIpc) is 2.65. The second-order valence-corrected chi connectivity index (χ2v) is 5.68. The summed E-state index contributed by atoms with van der Waals surface area (Å²) in [5.41, 5.74) is 1.14. The minimum Gasteiger partial charge on any atom is -0.406 e. The zero-order valence-electron chi connectivity index (χ0n) is 14.5. The molecule has 1 radical (unpaired) electrons. The number of carbonyl (C=O) groups is 2. The number of halogens is 4. The Balaban J connectivity index is 1.78. The summed E-state index contributed by atoms with van der Waals surface area (Å²) in [5, 5.41) is 4.35. The summed E-state index contributed by atoms with van der Waals surface area (Å²) in [7, 11) is 0. The van der Waals surface area contributed by atoms with Crippen molar-refractivity contribution < 1.29 is 31.9 Å². The Hall–Kier alpha value is -3.10. The number of alkyl halides is 4. The molecule has 1 atom stereocenters. The number of rotatable bonds is 8. The van der Waals surface area contributed by atoms with Crippen LogP contribution in [-0.2, 0) is 22.6 Å². The monoisotopic (exact) mass is 397 g/mol. The van der Waals surface area contributed by atoms with Crippen LogP contribution in [0.3, 0.4) is 0 Å². The standard InChI is InChI=1S/C19H17F4N2O3/c20-16(17(26)24-10-9-13-5-2-1-3-6-13)18(27)25-12-14-7-4-8-15(11-14)28-19(21,22)23/h1-8,10-11,16H,9,12H2,(H,24,26)(H,25,27). The molecule has 0 aliphatic rings. The van der Waals surface area contributed by atoms with E-state index in [1.807, 2.05) is 30.3 Å². The number of benzene rings is 2. The van der Waals surface area contributed by atoms with Gasteiger partial charge in [-0.05, 0) is 29.7 Å². The van der Waals surface area contributed by atoms with Crippen LogP contribution < -0.4 is 15.4 Å². The summed E-state index contributed by atoms with van der Waals surface area (Å²) in [6.07, 6.45) is -6.95. The van der Waals surface area contributed by atoms with Crippen molar-refractivity contribution in [2.75, 3.05) is 0 Å². The normalized spacial score (nSPS) is 12.1. The molecule has 2 amide bonds. The summed E-state index contributed by atoms with van der Waals surface area (Å²) in [6.45, 7) is 1.06. The van der Waals surface area contributed by atoms with Crippen LogP contribution >= 0.6 is 0 Å². The molecule has 0 heterocycles. The average molecular weight is 397 g/mol. The molecule has 0 aromatic heterocycles. The maximum absolute atomic E-state index is 13.9. The predicted molar refractivity (Wildman–Crippen MR) is 92.5 cm³/mol. The molecule has 149 valence electrons. The van der Waals surface area contributed by atoms with Gasteiger partial charge in [0.15, 0.2) is 0 Å². The fourth-order valence-electron chi connectivity index (χ4n) is 2.21. The maximum atomic E-state index is 13.9. The van der Waals surface area contributed by atoms with Gasteiger partial charge in [0, 0.05) is 6.54 Å². The van der Waals surface area contributed by atoms with Gasteiger partial charge in [-0.15, -0.1) is 13.2 Å². The molecule has 0 aliphatic carbocycles. The molecular weight excluding hydrogens is 380 g/mol. The topological polar surface area (TPSA) is 67.4 Å². The SMILES string of the molecule is O=C(N[CH]Cc1ccccc1)C(F)C(=O)NCc1cccc(OC(F)(F)F)c1. The lowest BCUT2D eigenvalue weighted by atomic mass is 10.1. The van der Waals surface area contributed by atoms with E-state index in [0.717, 1.165) is 17.7 Å². The minimum atomic E-state index is -4.85. The van der Waals surface area contributed by atoms with Crippen LogP contribution in [0, 0.1) is 6.54 Å². The number of nitrogens with one attached hydrogen (secondary N) is 2. The Morgan fingerprint density at radius 2 is 1.68 bits per heavy atom. The van der Waals surface area contributed by atoms with Crippen molar-refractivity contribution in [3.8, 4) is 5.75 Å². The summed E-state index contributed by atoms with van der Waals surface area (Å²) < 4.78 is 54.3. The molecule has 0 aliphatic heterocycles. The van der Waals surface area contributed by atoms with Gasteiger partial charge in [-0.25, -0.2) is 4.39 Å². The highest BCUT2D eigenvalue weighted by Crippen LogP contribution is 2.23. The van der Waals surface area contributed by atoms with Crippen LogP contribution in [-0.4, -0.2) is 24.3 Å². The first-order chi connectivity index (χ1) is 13.2. The van der Waals surface area contributed by atoms with Gasteiger partial charge in [0.2, 0.25) is 0 Å². The number of hydrogen-bond acceptors (Lipinski definition) is 3. The molecule has 0 fully saturated rings. The molecule has 2 aromatic carbocycles. The fraction of sp³-hybridized carbons (Fsp3) is 0.211. The number of carbonyl (C=O) groups excluding carboxylic acids is 2. The third-order valence-corrected chi connectivity index (χ3v) is 3.48. The molecule has 2 aromatic rings. The van der Waals surface area contributed by atoms with Crippen molar-refractivity contribution in [2.24, 2.45) is 0 Å². The van der Waals surface area contributed by atoms with E-state index in [1.165, 1.54) is 18.7 Å². The summed E-state index contributed by atoms with van der Waals surface area (Å²) >= 11 is 0. The van der Waals surface area contributed by atoms with Crippen LogP contribution in [0.1, 0.15) is 11.1 Å². The molecule has 9 heteroatoms. The molecule has 0 bridgehead atoms. The van der Waals surface area contributed by atoms with Gasteiger partial charge in [-0.1, -0.05) is 42.5 Å². The molecule has 0 saturated heterocycles. The van der Waals surface area contributed by atoms with Crippen LogP contribution in [0.15, 0.2) is 54.6 Å². The summed E-state index contributed by atoms with van der Waals surface area (Å²) in [6, 6.07) is 13.9. The Bertz CT molecular complexity index is 797. The van der Waals surface area contributed by atoms with Crippen molar-refractivity contribution in [3.05, 3.63) is 72.3 Å². The van der Waals surface area contributed by atoms with Gasteiger partial charge in [0.1, 0.15) is 5.75 Å². The highest BCUT2D eigenvalue weighted by atomic mass is 19.4. The first kappa shape index (κ1) is 21.2. The molecular formula is C19H17F4N2O3. The lowest BCUT2D eigenvalue weighted by Crippen LogP contribution is -2.42. The van der Waals surface area contributed by atoms with Crippen LogP contribution in [0.2, 0.25) is 0 Å². The van der Waals surface area contributed by atoms with Crippen LogP contribution in [0.4, 0.5) is 17.6 Å². The lowest BCUT2D eigenvalue weighted by Gasteiger charge is -2.12. The Labute approximate surface area is 158 Å². The number of ether oxygens (including phenoxy) is 1. The quantitative estimate of drug-likeness (QED) is 0.532. The van der Waals surface area contributed by atoms with Gasteiger partial charge >= 0.3 is 6.36 Å². The lowest BCUT2D eigenvalue weighted by molar-refractivity contribution is -0.274. The van der Waals surface area contributed by atoms with E-state index in [2.05, 4.69) is 15.4 Å². The minimum absolute atomic E-state index is 0.248. The number of amides is 2. The Morgan fingerprint density at radius 3 is 2.36 bits per heavy atom. The molecule has 0 spiro atoms. The molecule has 0 saturated carbocycles. The highest BCUT2D eigenvalue weighted by Gasteiger charge is 2.31. The van der Waals surface area contributed by atoms with Crippen LogP contribution in [0.5, 0.6) is 5.75 Å². The Morgan fingerprint density at radius 1 is 1.00 bits per heavy atom. The highest BCUT2D eigenvalue weighted by molar-refractivity contribution is 6.03. The molecule has 1 unspecified atom stereocenters. The summed E-state index contributed by atoms with van der Waals surface area (Å²) in [4.78, 5) is 23.4. The fourth-order valence-corrected chi connectivity index (χ4v) is 2.21. The third kappa shape index (κ3) is 7.26. The molecule has 2 rings (SSSR count). The van der Waals surface area contributed by atoms with E-state index >= 15 is 0 Å². The third-order valence-electron chi connectivity index (χ3n) is 3.48. The van der Waals surface area contributed by atoms with Crippen LogP contribution in [0.25, 0.3) is 0 Å². The van der Waals surface area contributed by atoms with E-state index < -0.39 is 30.1 Å². The molecule has 2 N–H and O–H groups in total. The largest absolute Gasteiger partial charge is 0.573 e. The van der Waals surface area contributed by atoms with Crippen molar-refractivity contribution >= 4 is 11.8 Å². The van der Waals surface area contributed by atoms with Gasteiger partial charge in [0.25, 0.3) is 18.0 Å². The van der Waals surface area contributed by atoms with Crippen molar-refractivity contribution in [1.29, 1.82) is 0 Å². The van der Waals surface area contributed by atoms with Gasteiger partial charge in [-0.3, -0.25) is 9.59 Å². The Kier molecular flexibility index (Phi) is 7.36. The van der Waals surface area contributed by atoms with E-state index in [1.54, 1.807) is 0 Å². The van der Waals surface area contributed by atoms with Crippen molar-refractivity contribution in [3.63, 3.8) is 0 Å². The van der Waals surface area contributed by atoms with E-state index in [0.29, 0.717) is 6.42 Å². The van der Waals surface area contributed by atoms with E-state index in [4.69, 9.17) is 0 Å². The van der Waals surface area contributed by atoms with E-state index in [-0.39, 0.29) is 12.1 Å². The number of hydrogen-bond donors (Lipinski definition) is 2. The second kappa shape index (κ2) is 9.72. The zero-order chi connectivity index (χ0) is 20.6. The maximum Gasteiger partial charge on any atom is 0.573 e. The van der Waals surface area contributed by atoms with Gasteiger partial charge < -0.3 is 15.4 Å². The van der Waals surface area contributed by atoms with E-state index in [9.17, 15) is 27.2 Å². The first-order valence-corrected chi connectivity index (χ1v) is 8.17. The predicted octanol–water partition coefficient (Wildman–Crippen LogP) is 3.06. The molecule has 5 nitrogen and oxygen atoms in total. The smallest absolute Gasteiger partial charge is 0.406 e. The van der Waals surface area contributed by atoms with Gasteiger partial charge in [-0.2, -0.15) is 0 Å². The summed E-state index contributed by atoms with van der Waals surface area (Å²) in [5.74, 6) is -2.81. The van der Waals surface area contributed by atoms with Gasteiger partial charge in [0.05, 0.1) is 6.54 Å². The zero-order valence-corrected chi connectivity index (χ0v) is 14.5.